The number of anilines is 1. The number of rotatable bonds is 3. The molecule has 0 bridgehead atoms. The highest BCUT2D eigenvalue weighted by atomic mass is 32.2. The van der Waals surface area contributed by atoms with E-state index in [1.165, 1.54) is 12.1 Å². The van der Waals surface area contributed by atoms with Gasteiger partial charge in [-0.25, -0.2) is 8.42 Å². The molecule has 0 aliphatic rings. The van der Waals surface area contributed by atoms with Gasteiger partial charge in [0.15, 0.2) is 9.84 Å². The molecule has 0 spiro atoms. The van der Waals surface area contributed by atoms with Crippen molar-refractivity contribution in [3.05, 3.63) is 24.3 Å². The van der Waals surface area contributed by atoms with Gasteiger partial charge in [0.2, 0.25) is 5.91 Å². The smallest absolute Gasteiger partial charge is 0.239 e. The Labute approximate surface area is 87.7 Å². The summed E-state index contributed by atoms with van der Waals surface area (Å²) in [5, 5.41) is 11.5. The van der Waals surface area contributed by atoms with Crippen molar-refractivity contribution < 1.29 is 18.3 Å². The number of aromatic hydroxyl groups is 1. The van der Waals surface area contributed by atoms with Crippen molar-refractivity contribution in [3.8, 4) is 5.75 Å². The minimum absolute atomic E-state index is 0.00663. The average molecular weight is 229 g/mol. The summed E-state index contributed by atoms with van der Waals surface area (Å²) in [7, 11) is -3.33. The number of phenols is 1. The van der Waals surface area contributed by atoms with Crippen LogP contribution >= 0.6 is 0 Å². The Morgan fingerprint density at radius 2 is 2.13 bits per heavy atom. The first kappa shape index (κ1) is 11.5. The quantitative estimate of drug-likeness (QED) is 0.784. The maximum Gasteiger partial charge on any atom is 0.239 e. The summed E-state index contributed by atoms with van der Waals surface area (Å²) < 4.78 is 21.6. The number of nitrogens with one attached hydrogen (secondary N) is 1. The van der Waals surface area contributed by atoms with Crippen molar-refractivity contribution in [2.45, 2.75) is 0 Å². The summed E-state index contributed by atoms with van der Waals surface area (Å²) in [4.78, 5) is 11.2. The lowest BCUT2D eigenvalue weighted by atomic mass is 10.3. The topological polar surface area (TPSA) is 83.5 Å². The molecule has 0 aromatic heterocycles. The van der Waals surface area contributed by atoms with Crippen LogP contribution in [0.15, 0.2) is 24.3 Å². The fraction of sp³-hybridized carbons (Fsp3) is 0.222. The molecular formula is C9H11NO4S. The molecule has 0 fully saturated rings. The summed E-state index contributed by atoms with van der Waals surface area (Å²) in [6.07, 6.45) is 0.981. The van der Waals surface area contributed by atoms with E-state index in [0.717, 1.165) is 6.26 Å². The SMILES string of the molecule is CS(=O)(=O)CC(=O)Nc1cccc(O)c1. The van der Waals surface area contributed by atoms with Gasteiger partial charge in [-0.15, -0.1) is 0 Å². The van der Waals surface area contributed by atoms with Gasteiger partial charge in [0, 0.05) is 18.0 Å². The van der Waals surface area contributed by atoms with Crippen LogP contribution in [0.2, 0.25) is 0 Å². The molecule has 0 radical (unpaired) electrons. The molecule has 15 heavy (non-hydrogen) atoms. The lowest BCUT2D eigenvalue weighted by Gasteiger charge is -2.04. The Hall–Kier alpha value is -1.56. The second-order valence-corrected chi connectivity index (χ2v) is 5.31. The number of benzene rings is 1. The first-order valence-corrected chi connectivity index (χ1v) is 6.19. The summed E-state index contributed by atoms with van der Waals surface area (Å²) in [6, 6.07) is 5.89. The molecule has 6 heteroatoms. The van der Waals surface area contributed by atoms with Crippen molar-refractivity contribution in [3.63, 3.8) is 0 Å². The Morgan fingerprint density at radius 3 is 2.67 bits per heavy atom. The van der Waals surface area contributed by atoms with Crippen LogP contribution in [0.3, 0.4) is 0 Å². The van der Waals surface area contributed by atoms with E-state index in [0.29, 0.717) is 5.69 Å². The number of carbonyl (C=O) groups excluding carboxylic acids is 1. The van der Waals surface area contributed by atoms with Crippen molar-refractivity contribution in [2.75, 3.05) is 17.3 Å². The fourth-order valence-electron chi connectivity index (χ4n) is 1.02. The number of amides is 1. The predicted molar refractivity (Wildman–Crippen MR) is 56.4 cm³/mol. The van der Waals surface area contributed by atoms with Crippen LogP contribution < -0.4 is 5.32 Å². The van der Waals surface area contributed by atoms with Gasteiger partial charge in [-0.1, -0.05) is 6.07 Å². The molecule has 0 saturated carbocycles. The largest absolute Gasteiger partial charge is 0.508 e. The zero-order valence-electron chi connectivity index (χ0n) is 8.10. The Bertz CT molecular complexity index is 467. The fourth-order valence-corrected chi connectivity index (χ4v) is 1.57. The van der Waals surface area contributed by atoms with Gasteiger partial charge >= 0.3 is 0 Å². The lowest BCUT2D eigenvalue weighted by Crippen LogP contribution is -2.21. The van der Waals surface area contributed by atoms with Gasteiger partial charge in [0.05, 0.1) is 0 Å². The molecule has 0 atom stereocenters. The van der Waals surface area contributed by atoms with Gasteiger partial charge < -0.3 is 10.4 Å². The molecule has 2 N–H and O–H groups in total. The Morgan fingerprint density at radius 1 is 1.47 bits per heavy atom. The number of hydrogen-bond acceptors (Lipinski definition) is 4. The molecule has 1 amide bonds. The lowest BCUT2D eigenvalue weighted by molar-refractivity contribution is -0.113. The predicted octanol–water partition coefficient (Wildman–Crippen LogP) is 0.375. The van der Waals surface area contributed by atoms with Gasteiger partial charge in [-0.3, -0.25) is 4.79 Å². The third kappa shape index (κ3) is 4.46. The first-order valence-electron chi connectivity index (χ1n) is 4.13. The van der Waals surface area contributed by atoms with E-state index < -0.39 is 21.5 Å². The van der Waals surface area contributed by atoms with E-state index in [9.17, 15) is 13.2 Å². The summed E-state index contributed by atoms with van der Waals surface area (Å²) in [5.41, 5.74) is 0.364. The van der Waals surface area contributed by atoms with Crippen molar-refractivity contribution in [1.82, 2.24) is 0 Å². The minimum atomic E-state index is -3.33. The van der Waals surface area contributed by atoms with E-state index in [-0.39, 0.29) is 5.75 Å². The molecule has 0 aliphatic carbocycles. The molecule has 0 saturated heterocycles. The molecular weight excluding hydrogens is 218 g/mol. The molecule has 1 aromatic rings. The van der Waals surface area contributed by atoms with Gasteiger partial charge in [0.25, 0.3) is 0 Å². The molecule has 5 nitrogen and oxygen atoms in total. The number of phenolic OH excluding ortho intramolecular Hbond substituents is 1. The Kier molecular flexibility index (Phi) is 3.31. The van der Waals surface area contributed by atoms with Crippen molar-refractivity contribution >= 4 is 21.4 Å². The number of hydrogen-bond donors (Lipinski definition) is 2. The van der Waals surface area contributed by atoms with E-state index >= 15 is 0 Å². The molecule has 0 heterocycles. The summed E-state index contributed by atoms with van der Waals surface area (Å²) >= 11 is 0. The van der Waals surface area contributed by atoms with E-state index in [1.807, 2.05) is 0 Å². The second kappa shape index (κ2) is 4.31. The highest BCUT2D eigenvalue weighted by Gasteiger charge is 2.10. The van der Waals surface area contributed by atoms with Crippen LogP contribution in [0, 0.1) is 0 Å². The van der Waals surface area contributed by atoms with Crippen molar-refractivity contribution in [1.29, 1.82) is 0 Å². The van der Waals surface area contributed by atoms with Gasteiger partial charge in [-0.2, -0.15) is 0 Å². The maximum absolute atomic E-state index is 11.2. The number of sulfone groups is 1. The van der Waals surface area contributed by atoms with Crippen LogP contribution in [0.25, 0.3) is 0 Å². The maximum atomic E-state index is 11.2. The normalized spacial score (nSPS) is 11.0. The summed E-state index contributed by atoms with van der Waals surface area (Å²) in [6.45, 7) is 0. The van der Waals surface area contributed by atoms with Crippen molar-refractivity contribution in [2.24, 2.45) is 0 Å². The Balaban J connectivity index is 2.67. The molecule has 82 valence electrons. The van der Waals surface area contributed by atoms with Crippen LogP contribution in [0.5, 0.6) is 5.75 Å². The average Bonchev–Trinajstić information content (AvgIpc) is 1.99. The third-order valence-corrected chi connectivity index (χ3v) is 2.31. The molecule has 1 rings (SSSR count). The molecule has 0 aliphatic heterocycles. The van der Waals surface area contributed by atoms with E-state index in [1.54, 1.807) is 12.1 Å². The highest BCUT2D eigenvalue weighted by molar-refractivity contribution is 7.91. The molecule has 0 unspecified atom stereocenters. The standard InChI is InChI=1S/C9H11NO4S/c1-15(13,14)6-9(12)10-7-3-2-4-8(11)5-7/h2-5,11H,6H2,1H3,(H,10,12). The highest BCUT2D eigenvalue weighted by Crippen LogP contribution is 2.15. The zero-order chi connectivity index (χ0) is 11.5. The van der Waals surface area contributed by atoms with E-state index in [4.69, 9.17) is 5.11 Å². The van der Waals surface area contributed by atoms with E-state index in [2.05, 4.69) is 5.32 Å². The first-order chi connectivity index (χ1) is 6.87. The van der Waals surface area contributed by atoms with Gasteiger partial charge in [0.1, 0.15) is 11.5 Å². The monoisotopic (exact) mass is 229 g/mol. The number of carbonyl (C=O) groups is 1. The van der Waals surface area contributed by atoms with Gasteiger partial charge in [-0.05, 0) is 12.1 Å². The van der Waals surface area contributed by atoms with Crippen LogP contribution in [0.1, 0.15) is 0 Å². The third-order valence-electron chi connectivity index (χ3n) is 1.52. The van der Waals surface area contributed by atoms with Crippen LogP contribution in [-0.2, 0) is 14.6 Å². The summed E-state index contributed by atoms with van der Waals surface area (Å²) in [5.74, 6) is -1.18. The minimum Gasteiger partial charge on any atom is -0.508 e. The van der Waals surface area contributed by atoms with Crippen LogP contribution in [-0.4, -0.2) is 31.4 Å². The van der Waals surface area contributed by atoms with Crippen LogP contribution in [0.4, 0.5) is 5.69 Å². The molecule has 1 aromatic carbocycles. The second-order valence-electron chi connectivity index (χ2n) is 3.17. The zero-order valence-corrected chi connectivity index (χ0v) is 8.91.